The number of rotatable bonds is 2. The zero-order valence-electron chi connectivity index (χ0n) is 10.8. The van der Waals surface area contributed by atoms with E-state index >= 15 is 0 Å². The average Bonchev–Trinajstić information content (AvgIpc) is 2.37. The molecule has 1 N–H and O–H groups in total. The van der Waals surface area contributed by atoms with E-state index in [4.69, 9.17) is 17.0 Å². The maximum atomic E-state index is 11.9. The standard InChI is InChI=1S/C15H15ClN2O/c1-9(2)15(19)14-13(17)7-11(8-18-14)10-4-3-5-12(16)6-10/h3-9,17,19H,1-2H3/p-1/b15-14-,17-13?. The number of nitrogens with one attached hydrogen (secondary N) is 1. The molecule has 0 unspecified atom stereocenters. The fourth-order valence-electron chi connectivity index (χ4n) is 1.76. The van der Waals surface area contributed by atoms with Crippen LogP contribution >= 0.6 is 11.6 Å². The Labute approximate surface area is 117 Å². The molecule has 0 fully saturated rings. The molecular formula is C15H14ClN2O-. The molecule has 0 atom stereocenters. The van der Waals surface area contributed by atoms with E-state index in [1.165, 1.54) is 0 Å². The van der Waals surface area contributed by atoms with Gasteiger partial charge in [0.15, 0.2) is 0 Å². The maximum absolute atomic E-state index is 11.9. The van der Waals surface area contributed by atoms with Gasteiger partial charge in [-0.3, -0.25) is 10.4 Å². The SMILES string of the molecule is CC(C)/C([O-])=C1/N=CC(c2cccc(Cl)c2)=CC1=N. The first-order valence-corrected chi connectivity index (χ1v) is 6.38. The third-order valence-electron chi connectivity index (χ3n) is 2.80. The number of hydrogen-bond acceptors (Lipinski definition) is 3. The van der Waals surface area contributed by atoms with Gasteiger partial charge in [0, 0.05) is 16.8 Å². The fourth-order valence-corrected chi connectivity index (χ4v) is 1.95. The molecule has 0 amide bonds. The van der Waals surface area contributed by atoms with Crippen molar-refractivity contribution < 1.29 is 5.11 Å². The van der Waals surface area contributed by atoms with Crippen LogP contribution in [0.1, 0.15) is 19.4 Å². The zero-order valence-corrected chi connectivity index (χ0v) is 11.5. The Morgan fingerprint density at radius 3 is 2.68 bits per heavy atom. The number of halogens is 1. The van der Waals surface area contributed by atoms with Crippen molar-refractivity contribution in [2.75, 3.05) is 0 Å². The number of allylic oxidation sites excluding steroid dienone is 3. The van der Waals surface area contributed by atoms with Crippen molar-refractivity contribution >= 4 is 29.1 Å². The molecule has 1 heterocycles. The normalized spacial score (nSPS) is 17.7. The molecule has 0 aromatic heterocycles. The number of benzene rings is 1. The number of aliphatic imine (C=N–C) groups is 1. The molecule has 98 valence electrons. The van der Waals surface area contributed by atoms with Gasteiger partial charge >= 0.3 is 0 Å². The van der Waals surface area contributed by atoms with Crippen molar-refractivity contribution in [2.45, 2.75) is 13.8 Å². The molecular weight excluding hydrogens is 260 g/mol. The predicted octanol–water partition coefficient (Wildman–Crippen LogP) is 3.06. The Balaban J connectivity index is 2.36. The largest absolute Gasteiger partial charge is 0.874 e. The summed E-state index contributed by atoms with van der Waals surface area (Å²) in [6.07, 6.45) is 3.26. The second kappa shape index (κ2) is 5.41. The minimum absolute atomic E-state index is 0.109. The smallest absolute Gasteiger partial charge is 0.0793 e. The Kier molecular flexibility index (Phi) is 3.86. The lowest BCUT2D eigenvalue weighted by Gasteiger charge is -2.21. The van der Waals surface area contributed by atoms with E-state index in [0.29, 0.717) is 5.02 Å². The minimum Gasteiger partial charge on any atom is -0.874 e. The monoisotopic (exact) mass is 273 g/mol. The lowest BCUT2D eigenvalue weighted by atomic mass is 10.00. The van der Waals surface area contributed by atoms with Crippen LogP contribution in [0.4, 0.5) is 0 Å². The van der Waals surface area contributed by atoms with Crippen LogP contribution < -0.4 is 5.11 Å². The Morgan fingerprint density at radius 1 is 1.37 bits per heavy atom. The van der Waals surface area contributed by atoms with Crippen LogP contribution in [0.2, 0.25) is 5.02 Å². The summed E-state index contributed by atoms with van der Waals surface area (Å²) in [5.74, 6) is -0.267. The summed E-state index contributed by atoms with van der Waals surface area (Å²) >= 11 is 5.94. The lowest BCUT2D eigenvalue weighted by molar-refractivity contribution is -0.314. The van der Waals surface area contributed by atoms with Gasteiger partial charge in [-0.25, -0.2) is 0 Å². The predicted molar refractivity (Wildman–Crippen MR) is 77.5 cm³/mol. The van der Waals surface area contributed by atoms with Crippen molar-refractivity contribution in [3.63, 3.8) is 0 Å². The van der Waals surface area contributed by atoms with Crippen molar-refractivity contribution in [1.29, 1.82) is 5.41 Å². The van der Waals surface area contributed by atoms with E-state index in [2.05, 4.69) is 4.99 Å². The average molecular weight is 274 g/mol. The van der Waals surface area contributed by atoms with Crippen molar-refractivity contribution in [3.05, 3.63) is 52.4 Å². The Hall–Kier alpha value is -1.87. The molecule has 1 aromatic carbocycles. The quantitative estimate of drug-likeness (QED) is 0.827. The molecule has 1 aliphatic rings. The summed E-state index contributed by atoms with van der Waals surface area (Å²) in [5, 5.41) is 20.4. The van der Waals surface area contributed by atoms with E-state index in [0.717, 1.165) is 11.1 Å². The maximum Gasteiger partial charge on any atom is 0.0793 e. The van der Waals surface area contributed by atoms with Gasteiger partial charge in [0.1, 0.15) is 0 Å². The van der Waals surface area contributed by atoms with Crippen LogP contribution in [0, 0.1) is 11.3 Å². The second-order valence-electron chi connectivity index (χ2n) is 4.65. The highest BCUT2D eigenvalue weighted by molar-refractivity contribution is 6.31. The van der Waals surface area contributed by atoms with Crippen LogP contribution in [0.5, 0.6) is 0 Å². The van der Waals surface area contributed by atoms with Gasteiger partial charge in [-0.15, -0.1) is 5.76 Å². The Morgan fingerprint density at radius 2 is 2.11 bits per heavy atom. The summed E-state index contributed by atoms with van der Waals surface area (Å²) in [7, 11) is 0. The fraction of sp³-hybridized carbons (Fsp3) is 0.200. The first-order chi connectivity index (χ1) is 8.99. The molecule has 0 bridgehead atoms. The highest BCUT2D eigenvalue weighted by atomic mass is 35.5. The number of dihydropyridines is 1. The van der Waals surface area contributed by atoms with Crippen molar-refractivity contribution in [2.24, 2.45) is 10.9 Å². The highest BCUT2D eigenvalue weighted by Gasteiger charge is 2.12. The van der Waals surface area contributed by atoms with Crippen LogP contribution in [0.15, 0.2) is 46.8 Å². The summed E-state index contributed by atoms with van der Waals surface area (Å²) in [6.45, 7) is 3.60. The van der Waals surface area contributed by atoms with Crippen molar-refractivity contribution in [1.82, 2.24) is 0 Å². The van der Waals surface area contributed by atoms with Crippen LogP contribution in [-0.2, 0) is 0 Å². The Bertz CT molecular complexity index is 612. The van der Waals surface area contributed by atoms with Gasteiger partial charge in [0.05, 0.1) is 11.4 Å². The highest BCUT2D eigenvalue weighted by Crippen LogP contribution is 2.23. The molecule has 4 heteroatoms. The van der Waals surface area contributed by atoms with E-state index in [1.807, 2.05) is 18.2 Å². The van der Waals surface area contributed by atoms with Crippen LogP contribution in [0.3, 0.4) is 0 Å². The minimum atomic E-state index is -0.159. The summed E-state index contributed by atoms with van der Waals surface area (Å²) in [4.78, 5) is 4.13. The van der Waals surface area contributed by atoms with Gasteiger partial charge in [-0.2, -0.15) is 0 Å². The van der Waals surface area contributed by atoms with Gasteiger partial charge in [-0.1, -0.05) is 37.6 Å². The molecule has 1 aliphatic heterocycles. The molecule has 2 rings (SSSR count). The van der Waals surface area contributed by atoms with E-state index in [1.54, 1.807) is 32.2 Å². The van der Waals surface area contributed by atoms with Gasteiger partial charge in [-0.05, 0) is 29.7 Å². The molecule has 0 aliphatic carbocycles. The topological polar surface area (TPSA) is 59.3 Å². The molecule has 0 saturated carbocycles. The number of hydrogen-bond donors (Lipinski definition) is 1. The third kappa shape index (κ3) is 2.93. The molecule has 0 saturated heterocycles. The van der Waals surface area contributed by atoms with Gasteiger partial charge in [0.2, 0.25) is 0 Å². The lowest BCUT2D eigenvalue weighted by Crippen LogP contribution is -2.18. The first-order valence-electron chi connectivity index (χ1n) is 6.01. The van der Waals surface area contributed by atoms with Gasteiger partial charge < -0.3 is 5.11 Å². The third-order valence-corrected chi connectivity index (χ3v) is 3.04. The van der Waals surface area contributed by atoms with Crippen LogP contribution in [0.25, 0.3) is 5.57 Å². The molecule has 3 nitrogen and oxygen atoms in total. The summed E-state index contributed by atoms with van der Waals surface area (Å²) < 4.78 is 0. The molecule has 1 aromatic rings. The van der Waals surface area contributed by atoms with Crippen molar-refractivity contribution in [3.8, 4) is 0 Å². The summed E-state index contributed by atoms with van der Waals surface area (Å²) in [5.41, 5.74) is 2.04. The second-order valence-corrected chi connectivity index (χ2v) is 5.09. The molecule has 0 spiro atoms. The molecule has 19 heavy (non-hydrogen) atoms. The number of nitrogens with zero attached hydrogens (tertiary/aromatic N) is 1. The van der Waals surface area contributed by atoms with E-state index in [9.17, 15) is 5.11 Å². The molecule has 0 radical (unpaired) electrons. The van der Waals surface area contributed by atoms with E-state index in [-0.39, 0.29) is 23.1 Å². The zero-order chi connectivity index (χ0) is 14.0. The van der Waals surface area contributed by atoms with Gasteiger partial charge in [0.25, 0.3) is 0 Å². The summed E-state index contributed by atoms with van der Waals surface area (Å²) in [6, 6.07) is 7.33. The van der Waals surface area contributed by atoms with E-state index < -0.39 is 0 Å². The first kappa shape index (κ1) is 13.6. The van der Waals surface area contributed by atoms with Crippen LogP contribution in [-0.4, -0.2) is 11.9 Å².